The van der Waals surface area contributed by atoms with Crippen molar-refractivity contribution in [2.24, 2.45) is 0 Å². The molecule has 0 heterocycles. The molecule has 2 nitrogen and oxygen atoms in total. The Morgan fingerprint density at radius 1 is 1.12 bits per heavy atom. The van der Waals surface area contributed by atoms with Crippen LogP contribution in [-0.4, -0.2) is 26.7 Å². The van der Waals surface area contributed by atoms with Crippen LogP contribution in [0.4, 0.5) is 5.69 Å². The van der Waals surface area contributed by atoms with E-state index in [2.05, 4.69) is 69.3 Å². The van der Waals surface area contributed by atoms with Crippen molar-refractivity contribution in [1.29, 1.82) is 0 Å². The standard InChI is InChI=1S/C14H24N2/c1-6-15-12(3)11(2)13-7-9-14(10-8-13)16(4)5/h7-12,15H,6H2,1-5H3. The molecule has 2 heteroatoms. The van der Waals surface area contributed by atoms with Gasteiger partial charge in [-0.3, -0.25) is 0 Å². The van der Waals surface area contributed by atoms with Crippen LogP contribution in [-0.2, 0) is 0 Å². The van der Waals surface area contributed by atoms with Gasteiger partial charge in [-0.1, -0.05) is 26.0 Å². The Labute approximate surface area is 99.7 Å². The first-order chi connectivity index (χ1) is 7.56. The number of nitrogens with zero attached hydrogens (tertiary/aromatic N) is 1. The Morgan fingerprint density at radius 2 is 1.69 bits per heavy atom. The van der Waals surface area contributed by atoms with Gasteiger partial charge in [0.15, 0.2) is 0 Å². The van der Waals surface area contributed by atoms with Crippen LogP contribution in [0.5, 0.6) is 0 Å². The van der Waals surface area contributed by atoms with Crippen molar-refractivity contribution in [3.63, 3.8) is 0 Å². The van der Waals surface area contributed by atoms with Gasteiger partial charge in [0.25, 0.3) is 0 Å². The van der Waals surface area contributed by atoms with Crippen molar-refractivity contribution >= 4 is 5.69 Å². The number of rotatable bonds is 5. The Balaban J connectivity index is 2.73. The minimum absolute atomic E-state index is 0.523. The largest absolute Gasteiger partial charge is 0.378 e. The first kappa shape index (κ1) is 13.0. The fraction of sp³-hybridized carbons (Fsp3) is 0.571. The Kier molecular flexibility index (Phi) is 4.81. The molecule has 0 spiro atoms. The monoisotopic (exact) mass is 220 g/mol. The summed E-state index contributed by atoms with van der Waals surface area (Å²) in [6, 6.07) is 9.35. The molecule has 1 aromatic rings. The maximum Gasteiger partial charge on any atom is 0.0361 e. The van der Waals surface area contributed by atoms with Gasteiger partial charge in [0, 0.05) is 25.8 Å². The molecule has 0 fully saturated rings. The molecule has 0 bridgehead atoms. The SMILES string of the molecule is CCNC(C)C(C)c1ccc(N(C)C)cc1. The molecule has 0 saturated carbocycles. The van der Waals surface area contributed by atoms with Crippen LogP contribution in [0.25, 0.3) is 0 Å². The molecular formula is C14H24N2. The first-order valence-electron chi connectivity index (χ1n) is 6.07. The highest BCUT2D eigenvalue weighted by atomic mass is 15.1. The van der Waals surface area contributed by atoms with E-state index < -0.39 is 0 Å². The van der Waals surface area contributed by atoms with Gasteiger partial charge in [-0.05, 0) is 37.1 Å². The second-order valence-electron chi connectivity index (χ2n) is 4.62. The zero-order valence-corrected chi connectivity index (χ0v) is 11.1. The van der Waals surface area contributed by atoms with Crippen LogP contribution in [0.1, 0.15) is 32.3 Å². The second kappa shape index (κ2) is 5.90. The van der Waals surface area contributed by atoms with E-state index in [1.165, 1.54) is 11.3 Å². The summed E-state index contributed by atoms with van der Waals surface area (Å²) in [6.07, 6.45) is 0. The lowest BCUT2D eigenvalue weighted by molar-refractivity contribution is 0.495. The molecule has 1 rings (SSSR count). The third kappa shape index (κ3) is 3.24. The molecule has 1 N–H and O–H groups in total. The van der Waals surface area contributed by atoms with Gasteiger partial charge in [0.05, 0.1) is 0 Å². The van der Waals surface area contributed by atoms with E-state index >= 15 is 0 Å². The fourth-order valence-corrected chi connectivity index (χ4v) is 1.86. The summed E-state index contributed by atoms with van der Waals surface area (Å²) in [7, 11) is 4.14. The summed E-state index contributed by atoms with van der Waals surface area (Å²) in [5.74, 6) is 0.552. The minimum atomic E-state index is 0.523. The zero-order chi connectivity index (χ0) is 12.1. The number of benzene rings is 1. The number of anilines is 1. The van der Waals surface area contributed by atoms with Crippen LogP contribution in [0, 0.1) is 0 Å². The van der Waals surface area contributed by atoms with Crippen molar-refractivity contribution in [1.82, 2.24) is 5.32 Å². The van der Waals surface area contributed by atoms with Crippen LogP contribution < -0.4 is 10.2 Å². The highest BCUT2D eigenvalue weighted by molar-refractivity contribution is 5.46. The number of hydrogen-bond donors (Lipinski definition) is 1. The number of nitrogens with one attached hydrogen (secondary N) is 1. The normalized spacial score (nSPS) is 14.6. The molecule has 16 heavy (non-hydrogen) atoms. The van der Waals surface area contributed by atoms with E-state index in [1.54, 1.807) is 0 Å². The minimum Gasteiger partial charge on any atom is -0.378 e. The van der Waals surface area contributed by atoms with Gasteiger partial charge in [0.1, 0.15) is 0 Å². The summed E-state index contributed by atoms with van der Waals surface area (Å²) in [6.45, 7) is 7.70. The van der Waals surface area contributed by atoms with Crippen LogP contribution >= 0.6 is 0 Å². The number of hydrogen-bond acceptors (Lipinski definition) is 2. The van der Waals surface area contributed by atoms with E-state index in [1.807, 2.05) is 0 Å². The Bertz CT molecular complexity index is 303. The third-order valence-corrected chi connectivity index (χ3v) is 3.21. The van der Waals surface area contributed by atoms with E-state index in [-0.39, 0.29) is 0 Å². The molecule has 2 unspecified atom stereocenters. The zero-order valence-electron chi connectivity index (χ0n) is 11.1. The van der Waals surface area contributed by atoms with Gasteiger partial charge in [-0.25, -0.2) is 0 Å². The van der Waals surface area contributed by atoms with Gasteiger partial charge < -0.3 is 10.2 Å². The summed E-state index contributed by atoms with van der Waals surface area (Å²) in [4.78, 5) is 2.13. The van der Waals surface area contributed by atoms with E-state index in [9.17, 15) is 0 Å². The lowest BCUT2D eigenvalue weighted by atomic mass is 9.94. The fourth-order valence-electron chi connectivity index (χ4n) is 1.86. The molecule has 0 aromatic heterocycles. The molecule has 1 aromatic carbocycles. The van der Waals surface area contributed by atoms with Crippen molar-refractivity contribution in [2.75, 3.05) is 25.5 Å². The predicted octanol–water partition coefficient (Wildman–Crippen LogP) is 2.85. The first-order valence-corrected chi connectivity index (χ1v) is 6.07. The summed E-state index contributed by atoms with van der Waals surface area (Å²) in [5.41, 5.74) is 2.66. The molecule has 0 aliphatic carbocycles. The highest BCUT2D eigenvalue weighted by Gasteiger charge is 2.12. The molecule has 90 valence electrons. The van der Waals surface area contributed by atoms with Crippen molar-refractivity contribution < 1.29 is 0 Å². The molecular weight excluding hydrogens is 196 g/mol. The van der Waals surface area contributed by atoms with Gasteiger partial charge in [-0.2, -0.15) is 0 Å². The number of likely N-dealkylation sites (N-methyl/N-ethyl adjacent to an activating group) is 1. The smallest absolute Gasteiger partial charge is 0.0361 e. The molecule has 0 radical (unpaired) electrons. The second-order valence-corrected chi connectivity index (χ2v) is 4.62. The van der Waals surface area contributed by atoms with E-state index in [0.717, 1.165) is 6.54 Å². The molecule has 0 aliphatic heterocycles. The van der Waals surface area contributed by atoms with Gasteiger partial charge in [0.2, 0.25) is 0 Å². The van der Waals surface area contributed by atoms with Crippen molar-refractivity contribution in [2.45, 2.75) is 32.7 Å². The van der Waals surface area contributed by atoms with Gasteiger partial charge >= 0.3 is 0 Å². The lowest BCUT2D eigenvalue weighted by Gasteiger charge is -2.22. The summed E-state index contributed by atoms with van der Waals surface area (Å²) >= 11 is 0. The third-order valence-electron chi connectivity index (χ3n) is 3.21. The topological polar surface area (TPSA) is 15.3 Å². The molecule has 0 aliphatic rings. The average Bonchev–Trinajstić information content (AvgIpc) is 2.28. The van der Waals surface area contributed by atoms with Crippen LogP contribution in [0.15, 0.2) is 24.3 Å². The molecule has 0 amide bonds. The maximum atomic E-state index is 3.47. The summed E-state index contributed by atoms with van der Waals surface area (Å²) < 4.78 is 0. The Morgan fingerprint density at radius 3 is 2.12 bits per heavy atom. The Hall–Kier alpha value is -1.02. The predicted molar refractivity (Wildman–Crippen MR) is 72.3 cm³/mol. The summed E-state index contributed by atoms with van der Waals surface area (Å²) in [5, 5.41) is 3.47. The molecule has 0 saturated heterocycles. The van der Waals surface area contributed by atoms with Crippen molar-refractivity contribution in [3.8, 4) is 0 Å². The quantitative estimate of drug-likeness (QED) is 0.821. The van der Waals surface area contributed by atoms with Crippen LogP contribution in [0.3, 0.4) is 0 Å². The van der Waals surface area contributed by atoms with Gasteiger partial charge in [-0.15, -0.1) is 0 Å². The average molecular weight is 220 g/mol. The van der Waals surface area contributed by atoms with Crippen molar-refractivity contribution in [3.05, 3.63) is 29.8 Å². The van der Waals surface area contributed by atoms with E-state index in [0.29, 0.717) is 12.0 Å². The van der Waals surface area contributed by atoms with E-state index in [4.69, 9.17) is 0 Å². The maximum absolute atomic E-state index is 3.47. The lowest BCUT2D eigenvalue weighted by Crippen LogP contribution is -2.30. The highest BCUT2D eigenvalue weighted by Crippen LogP contribution is 2.21. The van der Waals surface area contributed by atoms with Crippen LogP contribution in [0.2, 0.25) is 0 Å². The molecule has 2 atom stereocenters.